The minimum absolute atomic E-state index is 0.112. The van der Waals surface area contributed by atoms with Crippen LogP contribution in [0, 0.1) is 11.8 Å². The SMILES string of the molecule is CCCCCC(=O)N[C@H](C(=O)N[C@@H](COC(C)=O)C(=O)N[C@@H](CC(C)C)C(=O)[C@]1(C)CO1)C(C)C. The Labute approximate surface area is 208 Å². The van der Waals surface area contributed by atoms with Gasteiger partial charge in [-0.25, -0.2) is 0 Å². The van der Waals surface area contributed by atoms with Crippen molar-refractivity contribution in [3.63, 3.8) is 0 Å². The molecule has 1 aliphatic rings. The number of hydrogen-bond acceptors (Lipinski definition) is 7. The van der Waals surface area contributed by atoms with Crippen molar-refractivity contribution in [3.8, 4) is 0 Å². The molecule has 35 heavy (non-hydrogen) atoms. The number of hydrogen-bond donors (Lipinski definition) is 3. The number of ketones is 1. The van der Waals surface area contributed by atoms with Crippen LogP contribution in [0.25, 0.3) is 0 Å². The maximum absolute atomic E-state index is 13.1. The van der Waals surface area contributed by atoms with E-state index < -0.39 is 48.1 Å². The number of nitrogens with one attached hydrogen (secondary N) is 3. The van der Waals surface area contributed by atoms with Gasteiger partial charge < -0.3 is 25.4 Å². The van der Waals surface area contributed by atoms with Crippen LogP contribution in [0.4, 0.5) is 0 Å². The molecule has 200 valence electrons. The fourth-order valence-electron chi connectivity index (χ4n) is 3.56. The topological polar surface area (TPSA) is 143 Å². The second-order valence-electron chi connectivity index (χ2n) is 10.2. The van der Waals surface area contributed by atoms with Crippen molar-refractivity contribution in [3.05, 3.63) is 0 Å². The van der Waals surface area contributed by atoms with E-state index in [0.717, 1.165) is 19.3 Å². The Morgan fingerprint density at radius 1 is 0.943 bits per heavy atom. The van der Waals surface area contributed by atoms with Gasteiger partial charge in [0.2, 0.25) is 17.7 Å². The molecule has 1 aliphatic heterocycles. The van der Waals surface area contributed by atoms with Crippen LogP contribution in [-0.2, 0) is 33.4 Å². The standard InChI is InChI=1S/C25H43N3O7/c1-8-9-10-11-20(30)28-21(16(4)5)24(33)27-19(13-34-17(6)29)23(32)26-18(12-15(2)3)22(31)25(7)14-35-25/h15-16,18-19,21H,8-14H2,1-7H3,(H,26,32)(H,27,33)(H,28,30)/t18-,19-,21-,25-/m0/s1. The monoisotopic (exact) mass is 497 g/mol. The van der Waals surface area contributed by atoms with E-state index in [1.807, 2.05) is 20.8 Å². The molecule has 0 unspecified atom stereocenters. The van der Waals surface area contributed by atoms with Gasteiger partial charge in [-0.1, -0.05) is 47.5 Å². The van der Waals surface area contributed by atoms with Crippen LogP contribution in [0.15, 0.2) is 0 Å². The summed E-state index contributed by atoms with van der Waals surface area (Å²) in [5.41, 5.74) is -0.924. The lowest BCUT2D eigenvalue weighted by Crippen LogP contribution is -2.59. The molecule has 10 heteroatoms. The van der Waals surface area contributed by atoms with Gasteiger partial charge in [-0.05, 0) is 31.6 Å². The maximum Gasteiger partial charge on any atom is 0.302 e. The molecule has 0 saturated carbocycles. The lowest BCUT2D eigenvalue weighted by atomic mass is 9.93. The first-order valence-corrected chi connectivity index (χ1v) is 12.5. The Balaban J connectivity index is 2.95. The molecule has 4 atom stereocenters. The average Bonchev–Trinajstić information content (AvgIpc) is 3.51. The number of unbranched alkanes of at least 4 members (excludes halogenated alkanes) is 2. The van der Waals surface area contributed by atoms with E-state index in [-0.39, 0.29) is 30.1 Å². The summed E-state index contributed by atoms with van der Waals surface area (Å²) in [7, 11) is 0. The first-order valence-electron chi connectivity index (χ1n) is 12.5. The second kappa shape index (κ2) is 14.2. The van der Waals surface area contributed by atoms with Crippen LogP contribution in [0.3, 0.4) is 0 Å². The van der Waals surface area contributed by atoms with E-state index in [4.69, 9.17) is 9.47 Å². The smallest absolute Gasteiger partial charge is 0.302 e. The molecule has 3 amide bonds. The zero-order valence-corrected chi connectivity index (χ0v) is 22.2. The number of carbonyl (C=O) groups excluding carboxylic acids is 5. The highest BCUT2D eigenvalue weighted by molar-refractivity contribution is 5.98. The highest BCUT2D eigenvalue weighted by Gasteiger charge is 2.50. The van der Waals surface area contributed by atoms with Gasteiger partial charge in [0.25, 0.3) is 0 Å². The van der Waals surface area contributed by atoms with E-state index >= 15 is 0 Å². The number of ether oxygens (including phenoxy) is 2. The van der Waals surface area contributed by atoms with E-state index in [1.165, 1.54) is 6.92 Å². The highest BCUT2D eigenvalue weighted by atomic mass is 16.6. The molecule has 1 rings (SSSR count). The fraction of sp³-hybridized carbons (Fsp3) is 0.800. The van der Waals surface area contributed by atoms with Gasteiger partial charge >= 0.3 is 5.97 Å². The summed E-state index contributed by atoms with van der Waals surface area (Å²) in [4.78, 5) is 62.7. The number of amides is 3. The first-order chi connectivity index (χ1) is 16.3. The number of carbonyl (C=O) groups is 5. The minimum atomic E-state index is -1.24. The Kier molecular flexibility index (Phi) is 12.4. The van der Waals surface area contributed by atoms with Gasteiger partial charge in [-0.3, -0.25) is 24.0 Å². The van der Waals surface area contributed by atoms with Crippen molar-refractivity contribution in [2.75, 3.05) is 13.2 Å². The first kappa shape index (κ1) is 30.5. The molecule has 1 saturated heterocycles. The summed E-state index contributed by atoms with van der Waals surface area (Å²) in [6.45, 7) is 12.2. The molecule has 3 N–H and O–H groups in total. The summed E-state index contributed by atoms with van der Waals surface area (Å²) >= 11 is 0. The van der Waals surface area contributed by atoms with Gasteiger partial charge in [0, 0.05) is 13.3 Å². The zero-order chi connectivity index (χ0) is 26.8. The molecule has 0 aromatic rings. The van der Waals surface area contributed by atoms with E-state index in [1.54, 1.807) is 20.8 Å². The summed E-state index contributed by atoms with van der Waals surface area (Å²) in [5.74, 6) is -2.45. The lowest BCUT2D eigenvalue weighted by Gasteiger charge is -2.27. The van der Waals surface area contributed by atoms with Gasteiger partial charge in [0.05, 0.1) is 12.6 Å². The Bertz CT molecular complexity index is 762. The predicted octanol–water partition coefficient (Wildman–Crippen LogP) is 1.64. The van der Waals surface area contributed by atoms with E-state index in [0.29, 0.717) is 12.8 Å². The zero-order valence-electron chi connectivity index (χ0n) is 22.2. The third-order valence-electron chi connectivity index (χ3n) is 5.80. The van der Waals surface area contributed by atoms with Crippen molar-refractivity contribution in [2.45, 2.75) is 104 Å². The van der Waals surface area contributed by atoms with Crippen LogP contribution in [0.2, 0.25) is 0 Å². The minimum Gasteiger partial charge on any atom is -0.463 e. The number of epoxide rings is 1. The third-order valence-corrected chi connectivity index (χ3v) is 5.80. The van der Waals surface area contributed by atoms with Crippen LogP contribution >= 0.6 is 0 Å². The maximum atomic E-state index is 13.1. The summed E-state index contributed by atoms with van der Waals surface area (Å²) in [5, 5.41) is 8.03. The average molecular weight is 498 g/mol. The van der Waals surface area contributed by atoms with Crippen LogP contribution in [0.1, 0.15) is 80.6 Å². The van der Waals surface area contributed by atoms with Crippen molar-refractivity contribution in [1.82, 2.24) is 16.0 Å². The summed E-state index contributed by atoms with van der Waals surface area (Å²) in [6.07, 6.45) is 3.30. The molecule has 1 fully saturated rings. The van der Waals surface area contributed by atoms with Crippen LogP contribution in [0.5, 0.6) is 0 Å². The molecule has 0 radical (unpaired) electrons. The van der Waals surface area contributed by atoms with Gasteiger partial charge in [-0.15, -0.1) is 0 Å². The third kappa shape index (κ3) is 10.8. The number of esters is 1. The van der Waals surface area contributed by atoms with Gasteiger partial charge in [0.1, 0.15) is 24.3 Å². The number of Topliss-reactive ketones (excluding diaryl/α,β-unsaturated/α-hetero) is 1. The molecule has 0 aliphatic carbocycles. The molecule has 1 heterocycles. The van der Waals surface area contributed by atoms with Crippen molar-refractivity contribution < 1.29 is 33.4 Å². The Morgan fingerprint density at radius 2 is 1.54 bits per heavy atom. The Hall–Kier alpha value is -2.49. The van der Waals surface area contributed by atoms with E-state index in [2.05, 4.69) is 16.0 Å². The normalized spacial score (nSPS) is 19.5. The van der Waals surface area contributed by atoms with Crippen molar-refractivity contribution in [2.24, 2.45) is 11.8 Å². The molecule has 0 spiro atoms. The molecular weight excluding hydrogens is 454 g/mol. The number of rotatable bonds is 16. The largest absolute Gasteiger partial charge is 0.463 e. The van der Waals surface area contributed by atoms with Gasteiger partial charge in [0.15, 0.2) is 5.78 Å². The summed E-state index contributed by atoms with van der Waals surface area (Å²) in [6, 6.07) is -2.92. The highest BCUT2D eigenvalue weighted by Crippen LogP contribution is 2.29. The van der Waals surface area contributed by atoms with Gasteiger partial charge in [-0.2, -0.15) is 0 Å². The molecule has 10 nitrogen and oxygen atoms in total. The fourth-order valence-corrected chi connectivity index (χ4v) is 3.56. The molecule has 0 aromatic heterocycles. The second-order valence-corrected chi connectivity index (χ2v) is 10.2. The summed E-state index contributed by atoms with van der Waals surface area (Å²) < 4.78 is 10.3. The van der Waals surface area contributed by atoms with Crippen molar-refractivity contribution in [1.29, 1.82) is 0 Å². The predicted molar refractivity (Wildman–Crippen MR) is 130 cm³/mol. The Morgan fingerprint density at radius 3 is 2.03 bits per heavy atom. The van der Waals surface area contributed by atoms with Crippen LogP contribution < -0.4 is 16.0 Å². The lowest BCUT2D eigenvalue weighted by molar-refractivity contribution is -0.145. The van der Waals surface area contributed by atoms with E-state index in [9.17, 15) is 24.0 Å². The molecule has 0 aromatic carbocycles. The molecule has 0 bridgehead atoms. The quantitative estimate of drug-likeness (QED) is 0.167. The van der Waals surface area contributed by atoms with Crippen LogP contribution in [-0.4, -0.2) is 66.4 Å². The molecular formula is C25H43N3O7. The van der Waals surface area contributed by atoms with Crippen molar-refractivity contribution >= 4 is 29.5 Å².